The molecule has 2 aromatic rings. The monoisotopic (exact) mass is 343 g/mol. The number of anilines is 1. The van der Waals surface area contributed by atoms with E-state index in [1.54, 1.807) is 30.6 Å². The third-order valence-electron chi connectivity index (χ3n) is 2.34. The first kappa shape index (κ1) is 13.9. The van der Waals surface area contributed by atoms with E-state index in [1.165, 1.54) is 11.8 Å². The molecule has 0 saturated carbocycles. The van der Waals surface area contributed by atoms with E-state index in [2.05, 4.69) is 26.3 Å². The van der Waals surface area contributed by atoms with E-state index in [-0.39, 0.29) is 12.5 Å². The molecule has 1 amide bonds. The average Bonchev–Trinajstić information content (AvgIpc) is 2.74. The van der Waals surface area contributed by atoms with Crippen LogP contribution in [0.2, 0.25) is 5.02 Å². The summed E-state index contributed by atoms with van der Waals surface area (Å²) in [7, 11) is 1.54. The van der Waals surface area contributed by atoms with Gasteiger partial charge in [0.15, 0.2) is 0 Å². The van der Waals surface area contributed by atoms with Crippen LogP contribution in [0, 0.1) is 0 Å². The Morgan fingerprint density at radius 1 is 1.58 bits per heavy atom. The van der Waals surface area contributed by atoms with Gasteiger partial charge in [-0.15, -0.1) is 0 Å². The van der Waals surface area contributed by atoms with Gasteiger partial charge < -0.3 is 10.1 Å². The van der Waals surface area contributed by atoms with Gasteiger partial charge in [-0.25, -0.2) is 0 Å². The largest absolute Gasteiger partial charge is 0.495 e. The summed E-state index contributed by atoms with van der Waals surface area (Å²) in [5.41, 5.74) is 0.613. The van der Waals surface area contributed by atoms with Gasteiger partial charge in [0.1, 0.15) is 12.3 Å². The number of rotatable bonds is 4. The van der Waals surface area contributed by atoms with Crippen molar-refractivity contribution in [3.05, 3.63) is 40.1 Å². The van der Waals surface area contributed by atoms with Gasteiger partial charge in [-0.1, -0.05) is 11.6 Å². The predicted octanol–water partition coefficient (Wildman–Crippen LogP) is 2.95. The van der Waals surface area contributed by atoms with Crippen LogP contribution in [0.5, 0.6) is 5.75 Å². The van der Waals surface area contributed by atoms with Gasteiger partial charge in [0, 0.05) is 11.9 Å². The van der Waals surface area contributed by atoms with Gasteiger partial charge in [0.25, 0.3) is 0 Å². The van der Waals surface area contributed by atoms with Crippen molar-refractivity contribution in [1.82, 2.24) is 9.78 Å². The zero-order valence-corrected chi connectivity index (χ0v) is 12.4. The van der Waals surface area contributed by atoms with Crippen LogP contribution in [-0.2, 0) is 11.3 Å². The number of carbonyl (C=O) groups is 1. The van der Waals surface area contributed by atoms with Gasteiger partial charge in [-0.05, 0) is 34.1 Å². The second-order valence-electron chi connectivity index (χ2n) is 3.75. The maximum Gasteiger partial charge on any atom is 0.246 e. The molecule has 7 heteroatoms. The number of benzene rings is 1. The van der Waals surface area contributed by atoms with Crippen LogP contribution in [-0.4, -0.2) is 22.8 Å². The van der Waals surface area contributed by atoms with Gasteiger partial charge in [0.2, 0.25) is 5.91 Å². The Kier molecular flexibility index (Phi) is 4.44. The fourth-order valence-corrected chi connectivity index (χ4v) is 2.10. The number of aromatic nitrogens is 2. The van der Waals surface area contributed by atoms with Crippen molar-refractivity contribution >= 4 is 39.1 Å². The van der Waals surface area contributed by atoms with Crippen molar-refractivity contribution in [2.45, 2.75) is 6.54 Å². The summed E-state index contributed by atoms with van der Waals surface area (Å²) < 4.78 is 7.40. The topological polar surface area (TPSA) is 56.1 Å². The third-order valence-corrected chi connectivity index (χ3v) is 3.05. The molecular formula is C12H11BrClN3O2. The first-order valence-corrected chi connectivity index (χ1v) is 6.57. The molecular weight excluding hydrogens is 334 g/mol. The molecule has 1 aromatic carbocycles. The lowest BCUT2D eigenvalue weighted by atomic mass is 10.3. The summed E-state index contributed by atoms with van der Waals surface area (Å²) in [6.07, 6.45) is 3.35. The fraction of sp³-hybridized carbons (Fsp3) is 0.167. The third kappa shape index (κ3) is 3.71. The molecule has 1 N–H and O–H groups in total. The van der Waals surface area contributed by atoms with E-state index in [4.69, 9.17) is 16.3 Å². The van der Waals surface area contributed by atoms with E-state index in [0.29, 0.717) is 16.5 Å². The predicted molar refractivity (Wildman–Crippen MR) is 76.6 cm³/mol. The highest BCUT2D eigenvalue weighted by Gasteiger charge is 2.07. The van der Waals surface area contributed by atoms with Crippen LogP contribution >= 0.6 is 27.5 Å². The SMILES string of the molecule is COc1ccc(NC(=O)Cn2cc(Br)cn2)cc1Cl. The minimum Gasteiger partial charge on any atom is -0.495 e. The number of hydrogen-bond acceptors (Lipinski definition) is 3. The number of nitrogens with zero attached hydrogens (tertiary/aromatic N) is 2. The fourth-order valence-electron chi connectivity index (χ4n) is 1.52. The molecule has 0 unspecified atom stereocenters. The lowest BCUT2D eigenvalue weighted by molar-refractivity contribution is -0.116. The Morgan fingerprint density at radius 3 is 2.95 bits per heavy atom. The van der Waals surface area contributed by atoms with Gasteiger partial charge >= 0.3 is 0 Å². The molecule has 0 aliphatic carbocycles. The van der Waals surface area contributed by atoms with Crippen LogP contribution in [0.3, 0.4) is 0 Å². The zero-order valence-electron chi connectivity index (χ0n) is 10.1. The molecule has 5 nitrogen and oxygen atoms in total. The first-order chi connectivity index (χ1) is 9.08. The molecule has 0 fully saturated rings. The summed E-state index contributed by atoms with van der Waals surface area (Å²) in [6, 6.07) is 5.06. The van der Waals surface area contributed by atoms with Crippen molar-refractivity contribution in [1.29, 1.82) is 0 Å². The Balaban J connectivity index is 2.00. The number of nitrogens with one attached hydrogen (secondary N) is 1. The maximum atomic E-state index is 11.8. The Labute approximate surface area is 123 Å². The quantitative estimate of drug-likeness (QED) is 0.928. The lowest BCUT2D eigenvalue weighted by Crippen LogP contribution is -2.18. The second-order valence-corrected chi connectivity index (χ2v) is 5.08. The van der Waals surface area contributed by atoms with Gasteiger partial charge in [0.05, 0.1) is 22.8 Å². The number of ether oxygens (including phenoxy) is 1. The average molecular weight is 345 g/mol. The van der Waals surface area contributed by atoms with Crippen LogP contribution in [0.15, 0.2) is 35.1 Å². The van der Waals surface area contributed by atoms with Crippen molar-refractivity contribution < 1.29 is 9.53 Å². The molecule has 2 rings (SSSR count). The smallest absolute Gasteiger partial charge is 0.246 e. The number of amides is 1. The summed E-state index contributed by atoms with van der Waals surface area (Å²) >= 11 is 9.24. The van der Waals surface area contributed by atoms with Crippen molar-refractivity contribution in [3.63, 3.8) is 0 Å². The van der Waals surface area contributed by atoms with E-state index in [9.17, 15) is 4.79 Å². The van der Waals surface area contributed by atoms with E-state index < -0.39 is 0 Å². The van der Waals surface area contributed by atoms with Crippen LogP contribution in [0.1, 0.15) is 0 Å². The molecule has 0 bridgehead atoms. The Hall–Kier alpha value is -1.53. The van der Waals surface area contributed by atoms with Gasteiger partial charge in [-0.2, -0.15) is 5.10 Å². The van der Waals surface area contributed by atoms with Crippen LogP contribution in [0.25, 0.3) is 0 Å². The summed E-state index contributed by atoms with van der Waals surface area (Å²) in [6.45, 7) is 0.134. The standard InChI is InChI=1S/C12H11BrClN3O2/c1-19-11-3-2-9(4-10(11)14)16-12(18)7-17-6-8(13)5-15-17/h2-6H,7H2,1H3,(H,16,18). The van der Waals surface area contributed by atoms with Crippen LogP contribution in [0.4, 0.5) is 5.69 Å². The molecule has 19 heavy (non-hydrogen) atoms. The van der Waals surface area contributed by atoms with Crippen molar-refractivity contribution in [2.75, 3.05) is 12.4 Å². The Bertz CT molecular complexity index is 600. The number of hydrogen-bond donors (Lipinski definition) is 1. The number of carbonyl (C=O) groups excluding carboxylic acids is 1. The minimum absolute atomic E-state index is 0.134. The highest BCUT2D eigenvalue weighted by atomic mass is 79.9. The molecule has 0 aliphatic heterocycles. The maximum absolute atomic E-state index is 11.8. The molecule has 0 atom stereocenters. The van der Waals surface area contributed by atoms with E-state index >= 15 is 0 Å². The summed E-state index contributed by atoms with van der Waals surface area (Å²) in [4.78, 5) is 11.8. The minimum atomic E-state index is -0.183. The van der Waals surface area contributed by atoms with E-state index in [0.717, 1.165) is 4.47 Å². The Morgan fingerprint density at radius 2 is 2.37 bits per heavy atom. The van der Waals surface area contributed by atoms with E-state index in [1.807, 2.05) is 0 Å². The van der Waals surface area contributed by atoms with Crippen LogP contribution < -0.4 is 10.1 Å². The molecule has 0 spiro atoms. The highest BCUT2D eigenvalue weighted by Crippen LogP contribution is 2.27. The molecule has 0 aliphatic rings. The van der Waals surface area contributed by atoms with Gasteiger partial charge in [-0.3, -0.25) is 9.48 Å². The normalized spacial score (nSPS) is 10.3. The molecule has 100 valence electrons. The summed E-state index contributed by atoms with van der Waals surface area (Å²) in [5.74, 6) is 0.382. The molecule has 0 saturated heterocycles. The van der Waals surface area contributed by atoms with Crippen molar-refractivity contribution in [3.8, 4) is 5.75 Å². The van der Waals surface area contributed by atoms with Crippen molar-refractivity contribution in [2.24, 2.45) is 0 Å². The number of methoxy groups -OCH3 is 1. The second kappa shape index (κ2) is 6.08. The summed E-state index contributed by atoms with van der Waals surface area (Å²) in [5, 5.41) is 7.19. The first-order valence-electron chi connectivity index (χ1n) is 5.40. The highest BCUT2D eigenvalue weighted by molar-refractivity contribution is 9.10. The molecule has 0 radical (unpaired) electrons. The molecule has 1 aromatic heterocycles. The molecule has 1 heterocycles. The zero-order chi connectivity index (χ0) is 13.8. The number of halogens is 2. The lowest BCUT2D eigenvalue weighted by Gasteiger charge is -2.08.